The maximum Gasteiger partial charge on any atom is 0.115 e. The molecule has 0 aromatic heterocycles. The summed E-state index contributed by atoms with van der Waals surface area (Å²) in [7, 11) is 0. The highest BCUT2D eigenvalue weighted by Gasteiger charge is 2.43. The van der Waals surface area contributed by atoms with Gasteiger partial charge in [-0.1, -0.05) is 13.5 Å². The topological polar surface area (TPSA) is 21.3 Å². The molecule has 2 bridgehead atoms. The maximum atomic E-state index is 5.42. The summed E-state index contributed by atoms with van der Waals surface area (Å²) in [6, 6.07) is 0.440. The zero-order valence-corrected chi connectivity index (χ0v) is 5.55. The molecule has 2 aliphatic heterocycles. The predicted molar refractivity (Wildman–Crippen MR) is 35.0 cm³/mol. The highest BCUT2D eigenvalue weighted by atomic mass is 16.5. The fourth-order valence-electron chi connectivity index (χ4n) is 1.65. The Morgan fingerprint density at radius 2 is 2.56 bits per heavy atom. The monoisotopic (exact) mass is 125 g/mol. The number of morpholine rings is 1. The van der Waals surface area contributed by atoms with Crippen LogP contribution in [0.4, 0.5) is 0 Å². The van der Waals surface area contributed by atoms with Gasteiger partial charge in [-0.05, 0) is 0 Å². The normalized spacial score (nSPS) is 47.7. The largest absolute Gasteiger partial charge is 0.492 e. The average molecular weight is 125 g/mol. The lowest BCUT2D eigenvalue weighted by Gasteiger charge is -2.14. The van der Waals surface area contributed by atoms with Crippen LogP contribution >= 0.6 is 0 Å². The van der Waals surface area contributed by atoms with Gasteiger partial charge in [0.15, 0.2) is 0 Å². The standard InChI is InChI=1S/C7H11NO/c1-4-6-3-8-7(4)5(2)9-6/h4,6-8H,2-3H2,1H3/t4-,6?,7-/m0/s1. The Labute approximate surface area is 54.9 Å². The van der Waals surface area contributed by atoms with Gasteiger partial charge >= 0.3 is 0 Å². The average Bonchev–Trinajstić information content (AvgIpc) is 2.25. The van der Waals surface area contributed by atoms with Crippen molar-refractivity contribution >= 4 is 0 Å². The van der Waals surface area contributed by atoms with Gasteiger partial charge in [0.2, 0.25) is 0 Å². The SMILES string of the molecule is C=C1OC2CN[C@H]1[C@H]2C. The van der Waals surface area contributed by atoms with Crippen LogP contribution in [0.1, 0.15) is 6.92 Å². The summed E-state index contributed by atoms with van der Waals surface area (Å²) in [6.45, 7) is 7.01. The summed E-state index contributed by atoms with van der Waals surface area (Å²) in [5.41, 5.74) is 0. The Balaban J connectivity index is 2.26. The molecule has 0 amide bonds. The first-order chi connectivity index (χ1) is 4.29. The van der Waals surface area contributed by atoms with Gasteiger partial charge in [0.05, 0.1) is 6.04 Å². The zero-order chi connectivity index (χ0) is 6.43. The summed E-state index contributed by atoms with van der Waals surface area (Å²) < 4.78 is 5.42. The number of nitrogens with one attached hydrogen (secondary N) is 1. The van der Waals surface area contributed by atoms with Gasteiger partial charge in [-0.3, -0.25) is 0 Å². The molecule has 3 atom stereocenters. The van der Waals surface area contributed by atoms with Crippen molar-refractivity contribution in [2.24, 2.45) is 5.92 Å². The molecule has 2 fully saturated rings. The third kappa shape index (κ3) is 0.540. The van der Waals surface area contributed by atoms with Crippen LogP contribution < -0.4 is 5.32 Å². The molecule has 2 saturated heterocycles. The van der Waals surface area contributed by atoms with E-state index >= 15 is 0 Å². The fraction of sp³-hybridized carbons (Fsp3) is 0.714. The molecule has 2 aliphatic rings. The van der Waals surface area contributed by atoms with E-state index in [1.807, 2.05) is 0 Å². The van der Waals surface area contributed by atoms with Gasteiger partial charge in [0.1, 0.15) is 11.9 Å². The van der Waals surface area contributed by atoms with Gasteiger partial charge in [-0.25, -0.2) is 0 Å². The van der Waals surface area contributed by atoms with E-state index in [1.54, 1.807) is 0 Å². The van der Waals surface area contributed by atoms with Crippen LogP contribution in [0, 0.1) is 5.92 Å². The van der Waals surface area contributed by atoms with Crippen molar-refractivity contribution in [1.82, 2.24) is 5.32 Å². The van der Waals surface area contributed by atoms with Gasteiger partial charge in [0, 0.05) is 12.5 Å². The molecular weight excluding hydrogens is 114 g/mol. The van der Waals surface area contributed by atoms with Crippen LogP contribution in [0.5, 0.6) is 0 Å². The lowest BCUT2D eigenvalue weighted by atomic mass is 10.0. The second-order valence-corrected chi connectivity index (χ2v) is 2.87. The molecule has 1 unspecified atom stereocenters. The maximum absolute atomic E-state index is 5.42. The first kappa shape index (κ1) is 5.30. The second kappa shape index (κ2) is 1.51. The fourth-order valence-corrected chi connectivity index (χ4v) is 1.65. The third-order valence-corrected chi connectivity index (χ3v) is 2.30. The van der Waals surface area contributed by atoms with Crippen molar-refractivity contribution in [3.05, 3.63) is 12.3 Å². The quantitative estimate of drug-likeness (QED) is 0.509. The molecule has 0 saturated carbocycles. The van der Waals surface area contributed by atoms with E-state index in [2.05, 4.69) is 18.8 Å². The van der Waals surface area contributed by atoms with Crippen LogP contribution in [0.25, 0.3) is 0 Å². The van der Waals surface area contributed by atoms with Crippen molar-refractivity contribution in [2.75, 3.05) is 6.54 Å². The van der Waals surface area contributed by atoms with Crippen LogP contribution in [0.2, 0.25) is 0 Å². The van der Waals surface area contributed by atoms with Gasteiger partial charge in [-0.15, -0.1) is 0 Å². The Hall–Kier alpha value is -0.500. The molecule has 0 aliphatic carbocycles. The lowest BCUT2D eigenvalue weighted by molar-refractivity contribution is 0.136. The number of hydrogen-bond donors (Lipinski definition) is 1. The van der Waals surface area contributed by atoms with E-state index in [0.29, 0.717) is 18.1 Å². The number of hydrogen-bond acceptors (Lipinski definition) is 2. The van der Waals surface area contributed by atoms with E-state index in [4.69, 9.17) is 4.74 Å². The van der Waals surface area contributed by atoms with E-state index in [1.165, 1.54) is 0 Å². The molecular formula is C7H11NO. The third-order valence-electron chi connectivity index (χ3n) is 2.30. The van der Waals surface area contributed by atoms with Crippen molar-refractivity contribution in [1.29, 1.82) is 0 Å². The van der Waals surface area contributed by atoms with Gasteiger partial charge in [0.25, 0.3) is 0 Å². The number of rotatable bonds is 0. The first-order valence-electron chi connectivity index (χ1n) is 3.38. The Bertz CT molecular complexity index is 155. The molecule has 2 rings (SSSR count). The zero-order valence-electron chi connectivity index (χ0n) is 5.55. The molecule has 2 heteroatoms. The highest BCUT2D eigenvalue weighted by Crippen LogP contribution is 2.32. The molecule has 0 aromatic rings. The van der Waals surface area contributed by atoms with Crippen molar-refractivity contribution < 1.29 is 4.74 Å². The summed E-state index contributed by atoms with van der Waals surface area (Å²) >= 11 is 0. The van der Waals surface area contributed by atoms with Crippen LogP contribution in [0.3, 0.4) is 0 Å². The molecule has 50 valence electrons. The number of fused-ring (bicyclic) bond motifs is 2. The van der Waals surface area contributed by atoms with Crippen LogP contribution in [-0.2, 0) is 4.74 Å². The minimum absolute atomic E-state index is 0.405. The molecule has 9 heavy (non-hydrogen) atoms. The Kier molecular flexibility index (Phi) is 0.887. The minimum Gasteiger partial charge on any atom is -0.492 e. The van der Waals surface area contributed by atoms with Crippen molar-refractivity contribution in [3.63, 3.8) is 0 Å². The molecule has 1 N–H and O–H groups in total. The molecule has 0 spiro atoms. The smallest absolute Gasteiger partial charge is 0.115 e. The van der Waals surface area contributed by atoms with Crippen LogP contribution in [-0.4, -0.2) is 18.7 Å². The van der Waals surface area contributed by atoms with E-state index in [0.717, 1.165) is 12.3 Å². The molecule has 0 aromatic carbocycles. The molecule has 0 radical (unpaired) electrons. The van der Waals surface area contributed by atoms with Gasteiger partial charge in [-0.2, -0.15) is 0 Å². The number of ether oxygens (including phenoxy) is 1. The van der Waals surface area contributed by atoms with Crippen LogP contribution in [0.15, 0.2) is 12.3 Å². The predicted octanol–water partition coefficient (Wildman–Crippen LogP) is 0.507. The lowest BCUT2D eigenvalue weighted by Crippen LogP contribution is -2.29. The second-order valence-electron chi connectivity index (χ2n) is 2.87. The molecule has 2 nitrogen and oxygen atoms in total. The summed E-state index contributed by atoms with van der Waals surface area (Å²) in [5.74, 6) is 1.57. The van der Waals surface area contributed by atoms with Crippen molar-refractivity contribution in [2.45, 2.75) is 19.1 Å². The van der Waals surface area contributed by atoms with Gasteiger partial charge < -0.3 is 10.1 Å². The highest BCUT2D eigenvalue weighted by molar-refractivity contribution is 5.13. The summed E-state index contributed by atoms with van der Waals surface area (Å²) in [5, 5.41) is 3.33. The minimum atomic E-state index is 0.405. The Morgan fingerprint density at radius 1 is 1.78 bits per heavy atom. The van der Waals surface area contributed by atoms with Crippen molar-refractivity contribution in [3.8, 4) is 0 Å². The van der Waals surface area contributed by atoms with E-state index in [-0.39, 0.29) is 0 Å². The Morgan fingerprint density at radius 3 is 2.78 bits per heavy atom. The van der Waals surface area contributed by atoms with E-state index < -0.39 is 0 Å². The summed E-state index contributed by atoms with van der Waals surface area (Å²) in [4.78, 5) is 0. The summed E-state index contributed by atoms with van der Waals surface area (Å²) in [6.07, 6.45) is 0.405. The van der Waals surface area contributed by atoms with E-state index in [9.17, 15) is 0 Å². The first-order valence-corrected chi connectivity index (χ1v) is 3.38. The molecule has 2 heterocycles.